The first-order valence-corrected chi connectivity index (χ1v) is 7.53. The average molecular weight is 295 g/mol. The quantitative estimate of drug-likeness (QED) is 0.788. The van der Waals surface area contributed by atoms with Gasteiger partial charge in [-0.15, -0.1) is 5.10 Å². The lowest BCUT2D eigenvalue weighted by atomic mass is 10.0. The van der Waals surface area contributed by atoms with Crippen LogP contribution in [-0.4, -0.2) is 43.9 Å². The summed E-state index contributed by atoms with van der Waals surface area (Å²) in [6, 6.07) is 8.15. The van der Waals surface area contributed by atoms with Gasteiger partial charge in [0.05, 0.1) is 12.2 Å². The molecule has 1 N–H and O–H groups in total. The molecule has 0 spiro atoms. The van der Waals surface area contributed by atoms with Crippen LogP contribution >= 0.6 is 0 Å². The summed E-state index contributed by atoms with van der Waals surface area (Å²) in [6.45, 7) is 1.52. The van der Waals surface area contributed by atoms with Gasteiger partial charge in [0.2, 0.25) is 0 Å². The maximum absolute atomic E-state index is 12.6. The monoisotopic (exact) mass is 295 g/mol. The van der Waals surface area contributed by atoms with E-state index < -0.39 is 0 Å². The molecule has 0 aliphatic carbocycles. The lowest BCUT2D eigenvalue weighted by Gasteiger charge is -2.31. The number of rotatable bonds is 2. The summed E-state index contributed by atoms with van der Waals surface area (Å²) in [5.74, 6) is 0.111. The number of hydrogen-bond acceptors (Lipinski definition) is 3. The summed E-state index contributed by atoms with van der Waals surface area (Å²) in [4.78, 5) is 17.7. The summed E-state index contributed by atoms with van der Waals surface area (Å²) in [7, 11) is 0. The van der Waals surface area contributed by atoms with Gasteiger partial charge in [0, 0.05) is 41.9 Å². The molecule has 2 aromatic heterocycles. The van der Waals surface area contributed by atoms with E-state index in [1.807, 2.05) is 46.2 Å². The molecule has 0 bridgehead atoms. The number of fused-ring (bicyclic) bond motifs is 1. The number of amides is 1. The third-order valence-electron chi connectivity index (χ3n) is 4.37. The molecule has 0 atom stereocenters. The number of nitrogens with zero attached hydrogens (tertiary/aromatic N) is 4. The van der Waals surface area contributed by atoms with Crippen molar-refractivity contribution in [2.24, 2.45) is 0 Å². The van der Waals surface area contributed by atoms with Gasteiger partial charge in [-0.05, 0) is 37.1 Å². The number of carbonyl (C=O) groups excluding carboxylic acids is 1. The first-order valence-electron chi connectivity index (χ1n) is 7.53. The molecule has 0 unspecified atom stereocenters. The molecule has 6 nitrogen and oxygen atoms in total. The predicted molar refractivity (Wildman–Crippen MR) is 82.5 cm³/mol. The second-order valence-electron chi connectivity index (χ2n) is 5.69. The molecule has 1 aliphatic rings. The van der Waals surface area contributed by atoms with Gasteiger partial charge >= 0.3 is 0 Å². The van der Waals surface area contributed by atoms with Gasteiger partial charge in [0.1, 0.15) is 0 Å². The third kappa shape index (κ3) is 2.26. The van der Waals surface area contributed by atoms with Crippen LogP contribution in [0.2, 0.25) is 0 Å². The van der Waals surface area contributed by atoms with E-state index in [0.29, 0.717) is 6.04 Å². The Hall–Kier alpha value is -2.63. The molecule has 3 heterocycles. The molecule has 112 valence electrons. The Morgan fingerprint density at radius 2 is 2.09 bits per heavy atom. The van der Waals surface area contributed by atoms with E-state index in [1.165, 1.54) is 0 Å². The van der Waals surface area contributed by atoms with Gasteiger partial charge in [-0.25, -0.2) is 4.68 Å². The summed E-state index contributed by atoms with van der Waals surface area (Å²) >= 11 is 0. The molecule has 0 saturated carbocycles. The zero-order valence-electron chi connectivity index (χ0n) is 12.1. The van der Waals surface area contributed by atoms with Crippen molar-refractivity contribution in [1.29, 1.82) is 0 Å². The van der Waals surface area contributed by atoms with Gasteiger partial charge in [-0.3, -0.25) is 4.79 Å². The van der Waals surface area contributed by atoms with Crippen LogP contribution in [0.4, 0.5) is 0 Å². The summed E-state index contributed by atoms with van der Waals surface area (Å²) in [6.07, 6.45) is 7.32. The summed E-state index contributed by atoms with van der Waals surface area (Å²) in [5.41, 5.74) is 1.81. The van der Waals surface area contributed by atoms with Crippen molar-refractivity contribution in [3.05, 3.63) is 48.4 Å². The Kier molecular flexibility index (Phi) is 3.14. The van der Waals surface area contributed by atoms with Gasteiger partial charge < -0.3 is 9.88 Å². The van der Waals surface area contributed by atoms with Crippen molar-refractivity contribution in [1.82, 2.24) is 24.9 Å². The Labute approximate surface area is 127 Å². The number of H-pyrrole nitrogens is 1. The average Bonchev–Trinajstić information content (AvgIpc) is 3.25. The van der Waals surface area contributed by atoms with E-state index in [2.05, 4.69) is 15.3 Å². The summed E-state index contributed by atoms with van der Waals surface area (Å²) in [5, 5.41) is 8.98. The molecule has 1 saturated heterocycles. The van der Waals surface area contributed by atoms with Crippen molar-refractivity contribution in [3.63, 3.8) is 0 Å². The normalized spacial score (nSPS) is 16.3. The SMILES string of the molecule is O=C(c1ccc2[nH]ccc2c1)N1CCC(n2ccnn2)CC1. The Morgan fingerprint density at radius 1 is 1.23 bits per heavy atom. The second kappa shape index (κ2) is 5.29. The molecule has 4 rings (SSSR count). The smallest absolute Gasteiger partial charge is 0.253 e. The second-order valence-corrected chi connectivity index (χ2v) is 5.69. The van der Waals surface area contributed by atoms with E-state index in [-0.39, 0.29) is 5.91 Å². The highest BCUT2D eigenvalue weighted by Crippen LogP contribution is 2.23. The highest BCUT2D eigenvalue weighted by Gasteiger charge is 2.25. The standard InChI is InChI=1S/C16H17N5O/c22-16(13-1-2-15-12(11-13)3-6-17-15)20-8-4-14(5-9-20)21-10-7-18-19-21/h1-3,6-7,10-11,14,17H,4-5,8-9H2. The molecule has 0 radical (unpaired) electrons. The molecule has 6 heteroatoms. The van der Waals surface area contributed by atoms with Crippen LogP contribution in [0.25, 0.3) is 10.9 Å². The van der Waals surface area contributed by atoms with Gasteiger partial charge in [0.25, 0.3) is 5.91 Å². The Morgan fingerprint density at radius 3 is 2.86 bits per heavy atom. The predicted octanol–water partition coefficient (Wildman–Crippen LogP) is 2.24. The van der Waals surface area contributed by atoms with Crippen LogP contribution in [0.1, 0.15) is 29.2 Å². The number of aromatic nitrogens is 4. The van der Waals surface area contributed by atoms with Crippen molar-refractivity contribution in [2.75, 3.05) is 13.1 Å². The van der Waals surface area contributed by atoms with Gasteiger partial charge in [-0.1, -0.05) is 5.21 Å². The highest BCUT2D eigenvalue weighted by molar-refractivity contribution is 5.98. The maximum atomic E-state index is 12.6. The van der Waals surface area contributed by atoms with Crippen molar-refractivity contribution < 1.29 is 4.79 Å². The van der Waals surface area contributed by atoms with E-state index in [0.717, 1.165) is 42.4 Å². The van der Waals surface area contributed by atoms with Crippen LogP contribution in [0.5, 0.6) is 0 Å². The first-order chi connectivity index (χ1) is 10.8. The number of aromatic amines is 1. The van der Waals surface area contributed by atoms with Crippen LogP contribution in [0.3, 0.4) is 0 Å². The third-order valence-corrected chi connectivity index (χ3v) is 4.37. The molecular formula is C16H17N5O. The molecule has 22 heavy (non-hydrogen) atoms. The summed E-state index contributed by atoms with van der Waals surface area (Å²) < 4.78 is 1.90. The van der Waals surface area contributed by atoms with Crippen molar-refractivity contribution in [3.8, 4) is 0 Å². The molecule has 1 amide bonds. The number of nitrogens with one attached hydrogen (secondary N) is 1. The topological polar surface area (TPSA) is 66.8 Å². The fraction of sp³-hybridized carbons (Fsp3) is 0.312. The van der Waals surface area contributed by atoms with Crippen LogP contribution < -0.4 is 0 Å². The Bertz CT molecular complexity index is 784. The fourth-order valence-electron chi connectivity index (χ4n) is 3.11. The minimum absolute atomic E-state index is 0.111. The van der Waals surface area contributed by atoms with E-state index in [4.69, 9.17) is 0 Å². The molecule has 3 aromatic rings. The zero-order chi connectivity index (χ0) is 14.9. The molecule has 1 fully saturated rings. The van der Waals surface area contributed by atoms with E-state index in [9.17, 15) is 4.79 Å². The largest absolute Gasteiger partial charge is 0.361 e. The van der Waals surface area contributed by atoms with Crippen LogP contribution in [0.15, 0.2) is 42.9 Å². The molecule has 1 aliphatic heterocycles. The van der Waals surface area contributed by atoms with Crippen LogP contribution in [0, 0.1) is 0 Å². The lowest BCUT2D eigenvalue weighted by molar-refractivity contribution is 0.0689. The molecular weight excluding hydrogens is 278 g/mol. The minimum atomic E-state index is 0.111. The van der Waals surface area contributed by atoms with Gasteiger partial charge in [-0.2, -0.15) is 0 Å². The zero-order valence-corrected chi connectivity index (χ0v) is 12.1. The number of benzene rings is 1. The highest BCUT2D eigenvalue weighted by atomic mass is 16.2. The van der Waals surface area contributed by atoms with E-state index >= 15 is 0 Å². The van der Waals surface area contributed by atoms with E-state index in [1.54, 1.807) is 6.20 Å². The fourth-order valence-corrected chi connectivity index (χ4v) is 3.11. The van der Waals surface area contributed by atoms with Crippen LogP contribution in [-0.2, 0) is 0 Å². The maximum Gasteiger partial charge on any atom is 0.253 e. The van der Waals surface area contributed by atoms with Crippen molar-refractivity contribution in [2.45, 2.75) is 18.9 Å². The number of likely N-dealkylation sites (tertiary alicyclic amines) is 1. The lowest BCUT2D eigenvalue weighted by Crippen LogP contribution is -2.39. The number of piperidine rings is 1. The Balaban J connectivity index is 1.47. The van der Waals surface area contributed by atoms with Gasteiger partial charge in [0.15, 0.2) is 0 Å². The van der Waals surface area contributed by atoms with Crippen molar-refractivity contribution >= 4 is 16.8 Å². The number of hydrogen-bond donors (Lipinski definition) is 1. The number of carbonyl (C=O) groups is 1. The minimum Gasteiger partial charge on any atom is -0.361 e. The molecule has 1 aromatic carbocycles. The first kappa shape index (κ1) is 13.1.